The zero-order valence-corrected chi connectivity index (χ0v) is 17.8. The smallest absolute Gasteiger partial charge is 0.329 e. The summed E-state index contributed by atoms with van der Waals surface area (Å²) in [6.07, 6.45) is 3.69. The van der Waals surface area contributed by atoms with Crippen molar-refractivity contribution in [2.75, 3.05) is 6.61 Å². The normalized spacial score (nSPS) is 14.9. The van der Waals surface area contributed by atoms with Gasteiger partial charge in [-0.3, -0.25) is 4.79 Å². The van der Waals surface area contributed by atoms with E-state index >= 15 is 0 Å². The molecule has 6 heteroatoms. The topological polar surface area (TPSA) is 75.6 Å². The number of carbonyl (C=O) groups is 2. The largest absolute Gasteiger partial charge is 0.492 e. The first-order valence-electron chi connectivity index (χ1n) is 10.9. The molecule has 1 amide bonds. The van der Waals surface area contributed by atoms with Gasteiger partial charge in [-0.05, 0) is 37.3 Å². The number of aryl methyl sites for hydroxylation is 1. The molecule has 1 aliphatic rings. The minimum absolute atomic E-state index is 0.0217. The molecule has 0 aliphatic heterocycles. The molecule has 166 valence electrons. The van der Waals surface area contributed by atoms with E-state index in [9.17, 15) is 19.1 Å². The van der Waals surface area contributed by atoms with Crippen molar-refractivity contribution in [1.82, 2.24) is 5.32 Å². The molecule has 0 heterocycles. The van der Waals surface area contributed by atoms with E-state index < -0.39 is 23.2 Å². The monoisotopic (exact) mass is 435 g/mol. The van der Waals surface area contributed by atoms with Crippen LogP contribution in [0.5, 0.6) is 5.75 Å². The summed E-state index contributed by atoms with van der Waals surface area (Å²) in [6, 6.07) is 18.0. The van der Waals surface area contributed by atoms with E-state index in [4.69, 9.17) is 4.74 Å². The molecule has 2 N–H and O–H groups in total. The first-order valence-corrected chi connectivity index (χ1v) is 10.9. The minimum atomic E-state index is -1.32. The maximum atomic E-state index is 14.8. The lowest BCUT2D eigenvalue weighted by atomic mass is 9.96. The second kappa shape index (κ2) is 9.39. The zero-order valence-electron chi connectivity index (χ0n) is 17.8. The molecule has 4 rings (SSSR count). The van der Waals surface area contributed by atoms with Crippen molar-refractivity contribution in [3.8, 4) is 5.75 Å². The van der Waals surface area contributed by atoms with Crippen LogP contribution in [0.25, 0.3) is 10.8 Å². The molecule has 0 atom stereocenters. The van der Waals surface area contributed by atoms with E-state index in [0.717, 1.165) is 31.7 Å². The predicted molar refractivity (Wildman–Crippen MR) is 120 cm³/mol. The molecule has 0 bridgehead atoms. The number of nitrogens with one attached hydrogen (secondary N) is 1. The Morgan fingerprint density at radius 2 is 1.66 bits per heavy atom. The number of hydrogen-bond donors (Lipinski definition) is 2. The number of rotatable bonds is 8. The Hall–Kier alpha value is -3.41. The highest BCUT2D eigenvalue weighted by molar-refractivity contribution is 6.05. The van der Waals surface area contributed by atoms with Crippen LogP contribution in [0.2, 0.25) is 0 Å². The Kier molecular flexibility index (Phi) is 6.40. The Morgan fingerprint density at radius 1 is 1.00 bits per heavy atom. The van der Waals surface area contributed by atoms with E-state index in [0.29, 0.717) is 30.2 Å². The Labute approximate surface area is 186 Å². The fourth-order valence-electron chi connectivity index (χ4n) is 4.38. The van der Waals surface area contributed by atoms with Crippen LogP contribution in [0.4, 0.5) is 4.39 Å². The number of halogens is 1. The molecule has 0 saturated heterocycles. The first kappa shape index (κ1) is 21.8. The van der Waals surface area contributed by atoms with Gasteiger partial charge in [-0.25, -0.2) is 9.18 Å². The number of carboxylic acid groups (broad SMARTS) is 1. The Balaban J connectivity index is 1.61. The number of amides is 1. The third kappa shape index (κ3) is 4.44. The predicted octanol–water partition coefficient (Wildman–Crippen LogP) is 5.12. The number of carboxylic acids is 1. The van der Waals surface area contributed by atoms with E-state index in [1.54, 1.807) is 24.3 Å². The highest BCUT2D eigenvalue weighted by Crippen LogP contribution is 2.35. The van der Waals surface area contributed by atoms with Gasteiger partial charge in [0.15, 0.2) is 0 Å². The van der Waals surface area contributed by atoms with Crippen LogP contribution < -0.4 is 10.1 Å². The molecule has 0 radical (unpaired) electrons. The summed E-state index contributed by atoms with van der Waals surface area (Å²) in [7, 11) is 0. The van der Waals surface area contributed by atoms with Crippen LogP contribution >= 0.6 is 0 Å². The lowest BCUT2D eigenvalue weighted by Gasteiger charge is -2.26. The van der Waals surface area contributed by atoms with Crippen molar-refractivity contribution in [3.05, 3.63) is 77.6 Å². The highest BCUT2D eigenvalue weighted by atomic mass is 19.1. The first-order chi connectivity index (χ1) is 15.5. The molecule has 1 saturated carbocycles. The molecule has 5 nitrogen and oxygen atoms in total. The Bertz CT molecular complexity index is 1120. The summed E-state index contributed by atoms with van der Waals surface area (Å²) >= 11 is 0. The van der Waals surface area contributed by atoms with Crippen molar-refractivity contribution in [2.24, 2.45) is 0 Å². The molecule has 1 fully saturated rings. The van der Waals surface area contributed by atoms with Crippen LogP contribution in [0.1, 0.15) is 48.0 Å². The van der Waals surface area contributed by atoms with Gasteiger partial charge in [-0.2, -0.15) is 0 Å². The maximum absolute atomic E-state index is 14.8. The molecular weight excluding hydrogens is 409 g/mol. The van der Waals surface area contributed by atoms with Gasteiger partial charge in [-0.15, -0.1) is 0 Å². The van der Waals surface area contributed by atoms with Gasteiger partial charge in [0.05, 0.1) is 12.2 Å². The van der Waals surface area contributed by atoms with Gasteiger partial charge in [-0.1, -0.05) is 67.4 Å². The quantitative estimate of drug-likeness (QED) is 0.482. The Morgan fingerprint density at radius 3 is 2.34 bits per heavy atom. The third-order valence-corrected chi connectivity index (χ3v) is 6.11. The molecule has 1 aliphatic carbocycles. The fourth-order valence-corrected chi connectivity index (χ4v) is 4.38. The summed E-state index contributed by atoms with van der Waals surface area (Å²) < 4.78 is 20.8. The molecule has 0 spiro atoms. The second-order valence-corrected chi connectivity index (χ2v) is 8.27. The molecule has 3 aromatic carbocycles. The maximum Gasteiger partial charge on any atom is 0.329 e. The lowest BCUT2D eigenvalue weighted by Crippen LogP contribution is -2.52. The zero-order chi connectivity index (χ0) is 22.6. The van der Waals surface area contributed by atoms with E-state index in [1.807, 2.05) is 30.3 Å². The van der Waals surface area contributed by atoms with Crippen molar-refractivity contribution in [1.29, 1.82) is 0 Å². The van der Waals surface area contributed by atoms with Crippen LogP contribution in [0, 0.1) is 5.82 Å². The van der Waals surface area contributed by atoms with Crippen LogP contribution in [0.15, 0.2) is 60.7 Å². The van der Waals surface area contributed by atoms with E-state index in [2.05, 4.69) is 5.32 Å². The number of aliphatic carboxylic acids is 1. The van der Waals surface area contributed by atoms with Crippen LogP contribution in [-0.4, -0.2) is 29.1 Å². The number of fused-ring (bicyclic) bond motifs is 1. The van der Waals surface area contributed by atoms with Crippen molar-refractivity contribution in [3.63, 3.8) is 0 Å². The summed E-state index contributed by atoms with van der Waals surface area (Å²) in [6.45, 7) is 0.342. The van der Waals surface area contributed by atoms with Crippen molar-refractivity contribution >= 4 is 22.6 Å². The van der Waals surface area contributed by atoms with Crippen molar-refractivity contribution < 1.29 is 23.8 Å². The standard InChI is InChI=1S/C26H26FNO4/c27-22-17-21(24(29)28-26(25(30)31)14-6-7-15-26)23(20-13-5-4-12-19(20)22)32-16-8-11-18-9-2-1-3-10-18/h1-5,9-10,12-13,17H,6-8,11,14-16H2,(H,28,29)(H,30,31). The van der Waals surface area contributed by atoms with Crippen LogP contribution in [0.3, 0.4) is 0 Å². The van der Waals surface area contributed by atoms with Gasteiger partial charge in [0.2, 0.25) is 0 Å². The lowest BCUT2D eigenvalue weighted by molar-refractivity contribution is -0.144. The number of carbonyl (C=O) groups excluding carboxylic acids is 1. The van der Waals surface area contributed by atoms with Crippen molar-refractivity contribution in [2.45, 2.75) is 44.1 Å². The highest BCUT2D eigenvalue weighted by Gasteiger charge is 2.43. The number of hydrogen-bond acceptors (Lipinski definition) is 3. The third-order valence-electron chi connectivity index (χ3n) is 6.11. The summed E-state index contributed by atoms with van der Waals surface area (Å²) in [4.78, 5) is 25.0. The summed E-state index contributed by atoms with van der Waals surface area (Å²) in [5.41, 5.74) is -0.111. The van der Waals surface area contributed by atoms with Gasteiger partial charge in [0.25, 0.3) is 5.91 Å². The second-order valence-electron chi connectivity index (χ2n) is 8.27. The molecule has 3 aromatic rings. The van der Waals surface area contributed by atoms with Gasteiger partial charge < -0.3 is 15.2 Å². The molecule has 0 aromatic heterocycles. The number of ether oxygens (including phenoxy) is 1. The average molecular weight is 435 g/mol. The SMILES string of the molecule is O=C(NC1(C(=O)O)CCCC1)c1cc(F)c2ccccc2c1OCCCc1ccccc1. The molecule has 0 unspecified atom stereocenters. The molecular formula is C26H26FNO4. The number of benzene rings is 3. The molecule has 32 heavy (non-hydrogen) atoms. The van der Waals surface area contributed by atoms with E-state index in [1.165, 1.54) is 5.56 Å². The van der Waals surface area contributed by atoms with Gasteiger partial charge in [0, 0.05) is 10.8 Å². The average Bonchev–Trinajstić information content (AvgIpc) is 3.28. The fraction of sp³-hybridized carbons (Fsp3) is 0.308. The summed E-state index contributed by atoms with van der Waals surface area (Å²) in [5, 5.41) is 13.2. The van der Waals surface area contributed by atoms with Crippen LogP contribution in [-0.2, 0) is 11.2 Å². The summed E-state index contributed by atoms with van der Waals surface area (Å²) in [5.74, 6) is -1.95. The van der Waals surface area contributed by atoms with Gasteiger partial charge in [0.1, 0.15) is 17.1 Å². The van der Waals surface area contributed by atoms with Gasteiger partial charge >= 0.3 is 5.97 Å². The van der Waals surface area contributed by atoms with E-state index in [-0.39, 0.29) is 11.3 Å². The minimum Gasteiger partial charge on any atom is -0.492 e.